The van der Waals surface area contributed by atoms with Crippen molar-refractivity contribution in [2.45, 2.75) is 43.7 Å². The predicted molar refractivity (Wildman–Crippen MR) is 95.5 cm³/mol. The number of nitrogens with two attached hydrogens (primary N) is 1. The van der Waals surface area contributed by atoms with Gasteiger partial charge in [-0.2, -0.15) is 21.6 Å². The molecule has 27 heavy (non-hydrogen) atoms. The van der Waals surface area contributed by atoms with Crippen LogP contribution in [0.2, 0.25) is 0 Å². The van der Waals surface area contributed by atoms with Crippen LogP contribution in [0.1, 0.15) is 38.3 Å². The van der Waals surface area contributed by atoms with E-state index >= 15 is 0 Å². The number of ether oxygens (including phenoxy) is 1. The quantitative estimate of drug-likeness (QED) is 0.541. The molecule has 0 aromatic heterocycles. The molecule has 2 aromatic carbocycles. The summed E-state index contributed by atoms with van der Waals surface area (Å²) in [5, 5.41) is 0. The fraction of sp³-hybridized carbons (Fsp3) is 0.333. The fourth-order valence-electron chi connectivity index (χ4n) is 2.36. The molecule has 2 aromatic rings. The minimum atomic E-state index is -4.63. The Kier molecular flexibility index (Phi) is 5.49. The molecule has 0 fully saturated rings. The van der Waals surface area contributed by atoms with Crippen LogP contribution in [0.15, 0.2) is 41.3 Å². The van der Waals surface area contributed by atoms with Gasteiger partial charge in [-0.3, -0.25) is 4.55 Å². The van der Waals surface area contributed by atoms with Crippen molar-refractivity contribution in [1.82, 2.24) is 0 Å². The lowest BCUT2D eigenvalue weighted by Gasteiger charge is -2.24. The molecule has 0 aliphatic heterocycles. The Hall–Kier alpha value is -2.26. The summed E-state index contributed by atoms with van der Waals surface area (Å²) >= 11 is 0. The number of hydrogen-bond acceptors (Lipinski definition) is 4. The van der Waals surface area contributed by atoms with Gasteiger partial charge in [-0.15, -0.1) is 0 Å². The summed E-state index contributed by atoms with van der Waals surface area (Å²) in [6.45, 7) is 5.75. The Labute approximate surface area is 155 Å². The summed E-state index contributed by atoms with van der Waals surface area (Å²) in [5.74, 6) is -0.394. The van der Waals surface area contributed by atoms with Crippen molar-refractivity contribution in [3.05, 3.63) is 47.5 Å². The first-order chi connectivity index (χ1) is 12.3. The molecule has 0 bridgehead atoms. The first kappa shape index (κ1) is 21.0. The standard InChI is InChI=1S/C18H20F3NO4S/c1-4-17(2,3)11-5-8-15(16(10-11)27(23,24)25)26-14-7-6-12(9-13(14)22)18(19,20)21/h5-10H,4,22H2,1-3H3,(H,23,24,25). The number of hydrogen-bond donors (Lipinski definition) is 2. The number of halogens is 3. The van der Waals surface area contributed by atoms with Gasteiger partial charge in [0.15, 0.2) is 0 Å². The Morgan fingerprint density at radius 1 is 1.04 bits per heavy atom. The molecule has 0 saturated heterocycles. The Balaban J connectivity index is 2.51. The molecule has 0 radical (unpaired) electrons. The second-order valence-electron chi connectivity index (χ2n) is 6.73. The first-order valence-corrected chi connectivity index (χ1v) is 9.46. The summed E-state index contributed by atoms with van der Waals surface area (Å²) in [4.78, 5) is -0.485. The van der Waals surface area contributed by atoms with Crippen molar-refractivity contribution in [3.63, 3.8) is 0 Å². The molecule has 0 amide bonds. The van der Waals surface area contributed by atoms with Gasteiger partial charge in [-0.1, -0.05) is 26.8 Å². The largest absolute Gasteiger partial charge is 0.454 e. The Morgan fingerprint density at radius 2 is 1.59 bits per heavy atom. The van der Waals surface area contributed by atoms with Gasteiger partial charge in [-0.05, 0) is 47.7 Å². The van der Waals surface area contributed by atoms with Gasteiger partial charge in [0.2, 0.25) is 0 Å². The highest BCUT2D eigenvalue weighted by atomic mass is 32.2. The smallest absolute Gasteiger partial charge is 0.416 e. The van der Waals surface area contributed by atoms with E-state index in [-0.39, 0.29) is 22.6 Å². The minimum absolute atomic E-state index is 0.157. The molecule has 9 heteroatoms. The van der Waals surface area contributed by atoms with Crippen LogP contribution in [0.5, 0.6) is 11.5 Å². The normalized spacial score (nSPS) is 12.9. The Morgan fingerprint density at radius 3 is 2.07 bits per heavy atom. The van der Waals surface area contributed by atoms with E-state index in [2.05, 4.69) is 0 Å². The van der Waals surface area contributed by atoms with E-state index in [4.69, 9.17) is 10.5 Å². The highest BCUT2D eigenvalue weighted by Gasteiger charge is 2.31. The van der Waals surface area contributed by atoms with E-state index in [0.717, 1.165) is 12.1 Å². The van der Waals surface area contributed by atoms with Crippen LogP contribution < -0.4 is 10.5 Å². The molecule has 0 spiro atoms. The van der Waals surface area contributed by atoms with Gasteiger partial charge in [0, 0.05) is 0 Å². The van der Waals surface area contributed by atoms with E-state index < -0.39 is 26.8 Å². The fourth-order valence-corrected chi connectivity index (χ4v) is 3.00. The average molecular weight is 403 g/mol. The van der Waals surface area contributed by atoms with Crippen LogP contribution in [0.4, 0.5) is 18.9 Å². The van der Waals surface area contributed by atoms with E-state index in [0.29, 0.717) is 18.1 Å². The zero-order valence-electron chi connectivity index (χ0n) is 15.0. The molecule has 0 aliphatic rings. The van der Waals surface area contributed by atoms with Crippen LogP contribution >= 0.6 is 0 Å². The highest BCUT2D eigenvalue weighted by Crippen LogP contribution is 2.38. The zero-order chi connectivity index (χ0) is 20.6. The maximum atomic E-state index is 12.7. The van der Waals surface area contributed by atoms with Crippen LogP contribution in [-0.2, 0) is 21.7 Å². The zero-order valence-corrected chi connectivity index (χ0v) is 15.8. The van der Waals surface area contributed by atoms with Crippen molar-refractivity contribution < 1.29 is 30.9 Å². The lowest BCUT2D eigenvalue weighted by molar-refractivity contribution is -0.137. The van der Waals surface area contributed by atoms with Crippen LogP contribution in [0.3, 0.4) is 0 Å². The molecular weight excluding hydrogens is 383 g/mol. The van der Waals surface area contributed by atoms with E-state index in [9.17, 15) is 26.1 Å². The second-order valence-corrected chi connectivity index (χ2v) is 8.12. The van der Waals surface area contributed by atoms with Gasteiger partial charge in [-0.25, -0.2) is 0 Å². The third kappa shape index (κ3) is 4.72. The average Bonchev–Trinajstić information content (AvgIpc) is 2.55. The van der Waals surface area contributed by atoms with Crippen molar-refractivity contribution in [1.29, 1.82) is 0 Å². The summed E-state index contributed by atoms with van der Waals surface area (Å²) in [6, 6.07) is 6.72. The summed E-state index contributed by atoms with van der Waals surface area (Å²) in [7, 11) is -4.63. The van der Waals surface area contributed by atoms with Gasteiger partial charge in [0.05, 0.1) is 11.3 Å². The number of benzene rings is 2. The maximum absolute atomic E-state index is 12.7. The number of alkyl halides is 3. The first-order valence-electron chi connectivity index (χ1n) is 8.02. The van der Waals surface area contributed by atoms with Crippen molar-refractivity contribution in [3.8, 4) is 11.5 Å². The van der Waals surface area contributed by atoms with Crippen LogP contribution in [0, 0.1) is 0 Å². The third-order valence-electron chi connectivity index (χ3n) is 4.44. The molecule has 5 nitrogen and oxygen atoms in total. The molecule has 2 rings (SSSR count). The SMILES string of the molecule is CCC(C)(C)c1ccc(Oc2ccc(C(F)(F)F)cc2N)c(S(=O)(=O)O)c1. The summed E-state index contributed by atoms with van der Waals surface area (Å²) in [5.41, 5.74) is 4.64. The molecule has 0 unspecified atom stereocenters. The molecule has 148 valence electrons. The summed E-state index contributed by atoms with van der Waals surface area (Å²) < 4.78 is 76.7. The van der Waals surface area contributed by atoms with Crippen LogP contribution in [-0.4, -0.2) is 13.0 Å². The number of rotatable bonds is 5. The number of nitrogen functional groups attached to an aromatic ring is 1. The van der Waals surface area contributed by atoms with Crippen molar-refractivity contribution in [2.75, 3.05) is 5.73 Å². The van der Waals surface area contributed by atoms with E-state index in [1.165, 1.54) is 12.1 Å². The molecule has 0 heterocycles. The lowest BCUT2D eigenvalue weighted by Crippen LogP contribution is -2.16. The molecule has 0 aliphatic carbocycles. The molecule has 0 atom stereocenters. The molecule has 0 saturated carbocycles. The van der Waals surface area contributed by atoms with Gasteiger partial charge < -0.3 is 10.5 Å². The van der Waals surface area contributed by atoms with E-state index in [1.54, 1.807) is 6.07 Å². The lowest BCUT2D eigenvalue weighted by atomic mass is 9.82. The van der Waals surface area contributed by atoms with Gasteiger partial charge >= 0.3 is 6.18 Å². The predicted octanol–water partition coefficient (Wildman–Crippen LogP) is 5.01. The third-order valence-corrected chi connectivity index (χ3v) is 5.32. The Bertz CT molecular complexity index is 954. The topological polar surface area (TPSA) is 89.6 Å². The molecule has 3 N–H and O–H groups in total. The molecular formula is C18H20F3NO4S. The van der Waals surface area contributed by atoms with E-state index in [1.807, 2.05) is 20.8 Å². The van der Waals surface area contributed by atoms with Crippen molar-refractivity contribution >= 4 is 15.8 Å². The second kappa shape index (κ2) is 7.05. The minimum Gasteiger partial charge on any atom is -0.454 e. The number of anilines is 1. The summed E-state index contributed by atoms with van der Waals surface area (Å²) in [6.07, 6.45) is -3.86. The van der Waals surface area contributed by atoms with Crippen molar-refractivity contribution in [2.24, 2.45) is 0 Å². The van der Waals surface area contributed by atoms with Crippen LogP contribution in [0.25, 0.3) is 0 Å². The van der Waals surface area contributed by atoms with Gasteiger partial charge in [0.1, 0.15) is 16.4 Å². The van der Waals surface area contributed by atoms with Gasteiger partial charge in [0.25, 0.3) is 10.1 Å². The monoisotopic (exact) mass is 403 g/mol. The highest BCUT2D eigenvalue weighted by molar-refractivity contribution is 7.86. The maximum Gasteiger partial charge on any atom is 0.416 e.